The fraction of sp³-hybridized carbons (Fsp3) is 0. The van der Waals surface area contributed by atoms with E-state index >= 15 is 0 Å². The summed E-state index contributed by atoms with van der Waals surface area (Å²) in [6.07, 6.45) is 1.68. The first-order valence-corrected chi connectivity index (χ1v) is 6.57. The van der Waals surface area contributed by atoms with Crippen LogP contribution in [0.15, 0.2) is 46.5 Å². The fourth-order valence-corrected chi connectivity index (χ4v) is 2.74. The maximum absolute atomic E-state index is 7.36. The number of pyridine rings is 1. The number of nitrogen functional groups attached to an aromatic ring is 1. The van der Waals surface area contributed by atoms with E-state index in [1.54, 1.807) is 30.5 Å². The largest absolute Gasteiger partial charge is 0.384 e. The van der Waals surface area contributed by atoms with Crippen molar-refractivity contribution in [3.8, 4) is 0 Å². The first kappa shape index (κ1) is 13.2. The molecule has 1 aromatic heterocycles. The van der Waals surface area contributed by atoms with Crippen LogP contribution in [0.1, 0.15) is 5.56 Å². The molecule has 0 amide bonds. The molecule has 6 heteroatoms. The van der Waals surface area contributed by atoms with Crippen LogP contribution >= 0.6 is 35.0 Å². The highest BCUT2D eigenvalue weighted by Crippen LogP contribution is 2.33. The molecule has 18 heavy (non-hydrogen) atoms. The van der Waals surface area contributed by atoms with Gasteiger partial charge in [0.1, 0.15) is 10.9 Å². The number of hydrogen-bond donors (Lipinski definition) is 2. The van der Waals surface area contributed by atoms with Crippen molar-refractivity contribution in [3.63, 3.8) is 0 Å². The molecule has 0 bridgehead atoms. The van der Waals surface area contributed by atoms with Crippen LogP contribution in [0.3, 0.4) is 0 Å². The van der Waals surface area contributed by atoms with Gasteiger partial charge in [0.25, 0.3) is 0 Å². The van der Waals surface area contributed by atoms with Crippen molar-refractivity contribution < 1.29 is 0 Å². The van der Waals surface area contributed by atoms with Crippen molar-refractivity contribution in [3.05, 3.63) is 52.1 Å². The minimum absolute atomic E-state index is 0.0487. The Morgan fingerprint density at radius 2 is 2.00 bits per heavy atom. The molecule has 0 saturated carbocycles. The average molecular weight is 298 g/mol. The van der Waals surface area contributed by atoms with Crippen molar-refractivity contribution in [2.75, 3.05) is 0 Å². The molecule has 0 aliphatic heterocycles. The van der Waals surface area contributed by atoms with Gasteiger partial charge in [-0.05, 0) is 30.3 Å². The first-order chi connectivity index (χ1) is 8.58. The topological polar surface area (TPSA) is 62.8 Å². The summed E-state index contributed by atoms with van der Waals surface area (Å²) >= 11 is 13.5. The number of benzene rings is 1. The highest BCUT2D eigenvalue weighted by atomic mass is 35.5. The zero-order valence-electron chi connectivity index (χ0n) is 9.15. The zero-order chi connectivity index (χ0) is 13.1. The molecule has 2 rings (SSSR count). The average Bonchev–Trinajstić information content (AvgIpc) is 2.32. The van der Waals surface area contributed by atoms with Crippen molar-refractivity contribution >= 4 is 40.8 Å². The van der Waals surface area contributed by atoms with Crippen LogP contribution in [0.2, 0.25) is 10.0 Å². The van der Waals surface area contributed by atoms with Crippen molar-refractivity contribution in [2.24, 2.45) is 5.73 Å². The van der Waals surface area contributed by atoms with Gasteiger partial charge in [0.15, 0.2) is 0 Å². The van der Waals surface area contributed by atoms with E-state index < -0.39 is 0 Å². The molecule has 92 valence electrons. The Hall–Kier alpha value is -1.23. The van der Waals surface area contributed by atoms with Crippen molar-refractivity contribution in [2.45, 2.75) is 9.92 Å². The van der Waals surface area contributed by atoms with Gasteiger partial charge in [0.2, 0.25) is 0 Å². The molecule has 0 aliphatic carbocycles. The Kier molecular flexibility index (Phi) is 4.11. The highest BCUT2D eigenvalue weighted by Gasteiger charge is 2.07. The lowest BCUT2D eigenvalue weighted by Gasteiger charge is -2.06. The molecule has 0 fully saturated rings. The van der Waals surface area contributed by atoms with Crippen LogP contribution in [-0.2, 0) is 0 Å². The standard InChI is InChI=1S/C12H9Cl2N3S/c13-9-2-1-5-17-12(9)18-7-3-4-8(11(15)16)10(14)6-7/h1-6H,(H3,15,16). The number of nitrogens with zero attached hydrogens (tertiary/aromatic N) is 1. The molecule has 0 spiro atoms. The number of hydrogen-bond acceptors (Lipinski definition) is 3. The third-order valence-corrected chi connectivity index (χ3v) is 3.91. The minimum atomic E-state index is -0.0487. The van der Waals surface area contributed by atoms with Gasteiger partial charge in [-0.3, -0.25) is 5.41 Å². The number of rotatable bonds is 3. The van der Waals surface area contributed by atoms with Crippen LogP contribution in [0.25, 0.3) is 0 Å². The van der Waals surface area contributed by atoms with E-state index in [0.29, 0.717) is 20.6 Å². The van der Waals surface area contributed by atoms with Gasteiger partial charge >= 0.3 is 0 Å². The van der Waals surface area contributed by atoms with E-state index in [1.165, 1.54) is 11.8 Å². The number of amidine groups is 1. The molecule has 0 saturated heterocycles. The van der Waals surface area contributed by atoms with Gasteiger partial charge in [-0.15, -0.1) is 0 Å². The lowest BCUT2D eigenvalue weighted by Crippen LogP contribution is -2.11. The van der Waals surface area contributed by atoms with Gasteiger partial charge in [0, 0.05) is 16.7 Å². The van der Waals surface area contributed by atoms with Gasteiger partial charge in [-0.2, -0.15) is 0 Å². The van der Waals surface area contributed by atoms with E-state index in [2.05, 4.69) is 4.98 Å². The fourth-order valence-electron chi connectivity index (χ4n) is 1.34. The molecule has 0 unspecified atom stereocenters. The van der Waals surface area contributed by atoms with Crippen LogP contribution < -0.4 is 5.73 Å². The molecule has 0 aliphatic rings. The Morgan fingerprint density at radius 1 is 1.22 bits per heavy atom. The minimum Gasteiger partial charge on any atom is -0.384 e. The molecule has 1 heterocycles. The molecule has 2 aromatic rings. The molecule has 1 aromatic carbocycles. The second-order valence-corrected chi connectivity index (χ2v) is 5.32. The first-order valence-electron chi connectivity index (χ1n) is 5.00. The molecule has 3 N–H and O–H groups in total. The van der Waals surface area contributed by atoms with Crippen LogP contribution in [0.5, 0.6) is 0 Å². The number of halogens is 2. The highest BCUT2D eigenvalue weighted by molar-refractivity contribution is 7.99. The van der Waals surface area contributed by atoms with Gasteiger partial charge < -0.3 is 5.73 Å². The molecular formula is C12H9Cl2N3S. The van der Waals surface area contributed by atoms with Crippen molar-refractivity contribution in [1.82, 2.24) is 4.98 Å². The zero-order valence-corrected chi connectivity index (χ0v) is 11.5. The summed E-state index contributed by atoms with van der Waals surface area (Å²) in [4.78, 5) is 5.08. The lowest BCUT2D eigenvalue weighted by atomic mass is 10.2. The molecule has 3 nitrogen and oxygen atoms in total. The summed E-state index contributed by atoms with van der Waals surface area (Å²) in [5.41, 5.74) is 5.92. The molecular weight excluding hydrogens is 289 g/mol. The van der Waals surface area contributed by atoms with Crippen LogP contribution in [-0.4, -0.2) is 10.8 Å². The summed E-state index contributed by atoms with van der Waals surface area (Å²) in [5.74, 6) is -0.0487. The number of aromatic nitrogens is 1. The summed E-state index contributed by atoms with van der Waals surface area (Å²) < 4.78 is 0. The third kappa shape index (κ3) is 2.96. The van der Waals surface area contributed by atoms with E-state index in [4.69, 9.17) is 34.3 Å². The van der Waals surface area contributed by atoms with Gasteiger partial charge in [-0.1, -0.05) is 35.0 Å². The number of nitrogens with one attached hydrogen (secondary N) is 1. The van der Waals surface area contributed by atoms with Crippen LogP contribution in [0.4, 0.5) is 0 Å². The predicted molar refractivity (Wildman–Crippen MR) is 75.8 cm³/mol. The summed E-state index contributed by atoms with van der Waals surface area (Å²) in [6, 6.07) is 8.84. The Bertz CT molecular complexity index is 602. The lowest BCUT2D eigenvalue weighted by molar-refractivity contribution is 1.13. The SMILES string of the molecule is N=C(N)c1ccc(Sc2ncccc2Cl)cc1Cl. The smallest absolute Gasteiger partial charge is 0.124 e. The second-order valence-electron chi connectivity index (χ2n) is 3.45. The Morgan fingerprint density at radius 3 is 2.61 bits per heavy atom. The normalized spacial score (nSPS) is 10.3. The maximum Gasteiger partial charge on any atom is 0.124 e. The van der Waals surface area contributed by atoms with E-state index in [1.807, 2.05) is 6.07 Å². The molecule has 0 atom stereocenters. The summed E-state index contributed by atoms with van der Waals surface area (Å²) in [5, 5.41) is 9.10. The van der Waals surface area contributed by atoms with Crippen molar-refractivity contribution in [1.29, 1.82) is 5.41 Å². The van der Waals surface area contributed by atoms with E-state index in [0.717, 1.165) is 4.90 Å². The monoisotopic (exact) mass is 297 g/mol. The maximum atomic E-state index is 7.36. The van der Waals surface area contributed by atoms with E-state index in [9.17, 15) is 0 Å². The summed E-state index contributed by atoms with van der Waals surface area (Å²) in [7, 11) is 0. The number of nitrogens with two attached hydrogens (primary N) is 1. The second kappa shape index (κ2) is 5.61. The predicted octanol–water partition coefficient (Wildman–Crippen LogP) is 3.82. The van der Waals surface area contributed by atoms with E-state index in [-0.39, 0.29) is 5.84 Å². The quantitative estimate of drug-likeness (QED) is 0.668. The van der Waals surface area contributed by atoms with Crippen LogP contribution in [0, 0.1) is 5.41 Å². The summed E-state index contributed by atoms with van der Waals surface area (Å²) in [6.45, 7) is 0. The third-order valence-electron chi connectivity index (χ3n) is 2.17. The molecule has 0 radical (unpaired) electrons. The Balaban J connectivity index is 2.29. The van der Waals surface area contributed by atoms with Gasteiger partial charge in [0.05, 0.1) is 10.0 Å². The van der Waals surface area contributed by atoms with Gasteiger partial charge in [-0.25, -0.2) is 4.98 Å². The Labute approximate surface area is 119 Å².